The van der Waals surface area contributed by atoms with E-state index in [0.29, 0.717) is 5.56 Å². The average molecular weight is 282 g/mol. The van der Waals surface area contributed by atoms with Crippen LogP contribution in [0.2, 0.25) is 0 Å². The maximum Gasteiger partial charge on any atom is 0.251 e. The van der Waals surface area contributed by atoms with Gasteiger partial charge in [-0.25, -0.2) is 0 Å². The summed E-state index contributed by atoms with van der Waals surface area (Å²) in [5, 5.41) is 3.10. The first kappa shape index (κ1) is 15.3. The van der Waals surface area contributed by atoms with Gasteiger partial charge in [0.05, 0.1) is 6.04 Å². The molecule has 0 aromatic heterocycles. The number of hydrogen-bond acceptors (Lipinski definition) is 2. The molecule has 0 aliphatic rings. The first-order valence-electron chi connectivity index (χ1n) is 7.17. The summed E-state index contributed by atoms with van der Waals surface area (Å²) in [6, 6.07) is 19.7. The summed E-state index contributed by atoms with van der Waals surface area (Å²) in [5.74, 6) is -0.0362. The molecule has 1 amide bonds. The molecule has 3 nitrogen and oxygen atoms in total. The number of amides is 1. The Kier molecular flexibility index (Phi) is 5.12. The number of rotatable bonds is 5. The summed E-state index contributed by atoms with van der Waals surface area (Å²) in [5.41, 5.74) is 1.89. The van der Waals surface area contributed by atoms with Crippen LogP contribution < -0.4 is 5.32 Å². The van der Waals surface area contributed by atoms with Crippen molar-refractivity contribution in [1.29, 1.82) is 0 Å². The Balaban J connectivity index is 2.13. The van der Waals surface area contributed by atoms with Gasteiger partial charge in [-0.05, 0) is 38.7 Å². The predicted molar refractivity (Wildman–Crippen MR) is 86.2 cm³/mol. The third-order valence-electron chi connectivity index (χ3n) is 3.57. The first-order chi connectivity index (χ1) is 10.1. The van der Waals surface area contributed by atoms with E-state index in [4.69, 9.17) is 0 Å². The van der Waals surface area contributed by atoms with Gasteiger partial charge in [0.1, 0.15) is 0 Å². The molecule has 0 aliphatic carbocycles. The van der Waals surface area contributed by atoms with Crippen molar-refractivity contribution in [2.24, 2.45) is 0 Å². The lowest BCUT2D eigenvalue weighted by atomic mass is 9.99. The lowest BCUT2D eigenvalue weighted by molar-refractivity contribution is 0.0915. The smallest absolute Gasteiger partial charge is 0.251 e. The van der Waals surface area contributed by atoms with Crippen LogP contribution in [0, 0.1) is 0 Å². The summed E-state index contributed by atoms with van der Waals surface area (Å²) < 4.78 is 0. The zero-order valence-corrected chi connectivity index (χ0v) is 12.8. The van der Waals surface area contributed by atoms with Crippen molar-refractivity contribution in [3.05, 3.63) is 71.8 Å². The normalized spacial score (nSPS) is 13.7. The Labute approximate surface area is 126 Å². The van der Waals surface area contributed by atoms with Gasteiger partial charge in [-0.2, -0.15) is 0 Å². The van der Waals surface area contributed by atoms with Crippen LogP contribution in [0.25, 0.3) is 0 Å². The van der Waals surface area contributed by atoms with E-state index in [1.165, 1.54) is 5.56 Å². The largest absolute Gasteiger partial charge is 0.348 e. The van der Waals surface area contributed by atoms with E-state index in [1.54, 1.807) is 0 Å². The molecule has 0 saturated heterocycles. The number of likely N-dealkylation sites (N-methyl/N-ethyl adjacent to an activating group) is 1. The number of nitrogens with zero attached hydrogens (tertiary/aromatic N) is 1. The third-order valence-corrected chi connectivity index (χ3v) is 3.57. The highest BCUT2D eigenvalue weighted by Gasteiger charge is 2.23. The lowest BCUT2D eigenvalue weighted by Crippen LogP contribution is -2.42. The van der Waals surface area contributed by atoms with E-state index >= 15 is 0 Å². The highest BCUT2D eigenvalue weighted by atomic mass is 16.1. The topological polar surface area (TPSA) is 32.3 Å². The van der Waals surface area contributed by atoms with Gasteiger partial charge in [0.15, 0.2) is 0 Å². The second-order valence-electron chi connectivity index (χ2n) is 5.45. The van der Waals surface area contributed by atoms with Gasteiger partial charge >= 0.3 is 0 Å². The standard InChI is InChI=1S/C18H22N2O/c1-14(19-18(21)16-12-8-5-9-13-16)17(20(2)3)15-10-6-4-7-11-15/h4-14,17H,1-3H3,(H,19,21)/t14-,17-/m0/s1. The van der Waals surface area contributed by atoms with Crippen molar-refractivity contribution < 1.29 is 4.79 Å². The Hall–Kier alpha value is -2.13. The van der Waals surface area contributed by atoms with Crippen molar-refractivity contribution >= 4 is 5.91 Å². The molecule has 2 aromatic rings. The second kappa shape index (κ2) is 7.04. The molecule has 0 bridgehead atoms. The van der Waals surface area contributed by atoms with Crippen molar-refractivity contribution in [2.75, 3.05) is 14.1 Å². The van der Waals surface area contributed by atoms with Crippen LogP contribution >= 0.6 is 0 Å². The van der Waals surface area contributed by atoms with Crippen molar-refractivity contribution in [2.45, 2.75) is 19.0 Å². The maximum absolute atomic E-state index is 12.3. The molecule has 0 spiro atoms. The Morgan fingerprint density at radius 1 is 0.952 bits per heavy atom. The van der Waals surface area contributed by atoms with Gasteiger partial charge in [0.2, 0.25) is 0 Å². The Morgan fingerprint density at radius 3 is 2.00 bits per heavy atom. The number of nitrogens with one attached hydrogen (secondary N) is 1. The van der Waals surface area contributed by atoms with E-state index < -0.39 is 0 Å². The minimum Gasteiger partial charge on any atom is -0.348 e. The van der Waals surface area contributed by atoms with Gasteiger partial charge in [-0.3, -0.25) is 4.79 Å². The molecule has 2 atom stereocenters. The quantitative estimate of drug-likeness (QED) is 0.914. The number of hydrogen-bond donors (Lipinski definition) is 1. The van der Waals surface area contributed by atoms with Gasteiger partial charge in [0, 0.05) is 11.6 Å². The van der Waals surface area contributed by atoms with Crippen LogP contribution in [0.3, 0.4) is 0 Å². The molecule has 0 aliphatic heterocycles. The van der Waals surface area contributed by atoms with Gasteiger partial charge in [-0.1, -0.05) is 48.5 Å². The fraction of sp³-hybridized carbons (Fsp3) is 0.278. The minimum atomic E-state index is -0.0362. The average Bonchev–Trinajstić information content (AvgIpc) is 2.49. The van der Waals surface area contributed by atoms with E-state index in [0.717, 1.165) is 0 Å². The SMILES string of the molecule is C[C@H](NC(=O)c1ccccc1)[C@@H](c1ccccc1)N(C)C. The summed E-state index contributed by atoms with van der Waals surface area (Å²) in [7, 11) is 4.06. The molecule has 3 heteroatoms. The minimum absolute atomic E-state index is 0.00936. The zero-order chi connectivity index (χ0) is 15.2. The van der Waals surface area contributed by atoms with Crippen molar-refractivity contribution in [3.63, 3.8) is 0 Å². The third kappa shape index (κ3) is 3.92. The summed E-state index contributed by atoms with van der Waals surface area (Å²) in [6.07, 6.45) is 0. The molecule has 0 fully saturated rings. The highest BCUT2D eigenvalue weighted by molar-refractivity contribution is 5.94. The van der Waals surface area contributed by atoms with Crippen LogP contribution in [0.5, 0.6) is 0 Å². The molecule has 0 heterocycles. The molecule has 2 rings (SSSR count). The maximum atomic E-state index is 12.3. The number of benzene rings is 2. The molecular weight excluding hydrogens is 260 g/mol. The summed E-state index contributed by atoms with van der Waals surface area (Å²) in [6.45, 7) is 2.04. The fourth-order valence-electron chi connectivity index (χ4n) is 2.64. The Bertz CT molecular complexity index is 566. The van der Waals surface area contributed by atoms with Crippen LogP contribution in [0.1, 0.15) is 28.9 Å². The Morgan fingerprint density at radius 2 is 1.48 bits per heavy atom. The molecule has 2 aromatic carbocycles. The highest BCUT2D eigenvalue weighted by Crippen LogP contribution is 2.22. The first-order valence-corrected chi connectivity index (χ1v) is 7.17. The monoisotopic (exact) mass is 282 g/mol. The van der Waals surface area contributed by atoms with Gasteiger partial charge in [0.25, 0.3) is 5.91 Å². The van der Waals surface area contributed by atoms with Gasteiger partial charge in [-0.15, -0.1) is 0 Å². The molecule has 110 valence electrons. The summed E-state index contributed by atoms with van der Waals surface area (Å²) >= 11 is 0. The molecule has 0 radical (unpaired) electrons. The fourth-order valence-corrected chi connectivity index (χ4v) is 2.64. The molecule has 21 heavy (non-hydrogen) atoms. The van der Waals surface area contributed by atoms with E-state index in [9.17, 15) is 4.79 Å². The van der Waals surface area contributed by atoms with E-state index in [1.807, 2.05) is 69.6 Å². The van der Waals surface area contributed by atoms with Gasteiger partial charge < -0.3 is 10.2 Å². The summed E-state index contributed by atoms with van der Waals surface area (Å²) in [4.78, 5) is 14.4. The van der Waals surface area contributed by atoms with Crippen LogP contribution in [0.4, 0.5) is 0 Å². The number of carbonyl (C=O) groups is 1. The van der Waals surface area contributed by atoms with Crippen LogP contribution in [-0.4, -0.2) is 30.9 Å². The van der Waals surface area contributed by atoms with Crippen LogP contribution in [-0.2, 0) is 0 Å². The predicted octanol–water partition coefficient (Wildman–Crippen LogP) is 3.11. The van der Waals surface area contributed by atoms with Crippen LogP contribution in [0.15, 0.2) is 60.7 Å². The lowest BCUT2D eigenvalue weighted by Gasteiger charge is -2.31. The van der Waals surface area contributed by atoms with E-state index in [2.05, 4.69) is 22.3 Å². The molecule has 1 N–H and O–H groups in total. The second-order valence-corrected chi connectivity index (χ2v) is 5.45. The molecule has 0 saturated carbocycles. The van der Waals surface area contributed by atoms with E-state index in [-0.39, 0.29) is 18.0 Å². The molecule has 0 unspecified atom stereocenters. The zero-order valence-electron chi connectivity index (χ0n) is 12.8. The molecular formula is C18H22N2O. The number of carbonyl (C=O) groups excluding carboxylic acids is 1. The van der Waals surface area contributed by atoms with Crippen molar-refractivity contribution in [1.82, 2.24) is 10.2 Å². The van der Waals surface area contributed by atoms with Crippen molar-refractivity contribution in [3.8, 4) is 0 Å².